The maximum atomic E-state index is 12.4. The number of rotatable bonds is 5. The van der Waals surface area contributed by atoms with Gasteiger partial charge in [-0.3, -0.25) is 0 Å². The number of sulfonamides is 1. The van der Waals surface area contributed by atoms with Gasteiger partial charge in [-0.15, -0.1) is 0 Å². The molecule has 1 aromatic rings. The van der Waals surface area contributed by atoms with E-state index in [1.165, 1.54) is 4.90 Å². The van der Waals surface area contributed by atoms with E-state index < -0.39 is 22.2 Å². The number of likely N-dealkylation sites (N-methyl/N-ethyl adjacent to an activating group) is 1. The lowest BCUT2D eigenvalue weighted by molar-refractivity contribution is 0.135. The van der Waals surface area contributed by atoms with E-state index in [1.807, 2.05) is 0 Å². The number of hydrogen-bond acceptors (Lipinski definition) is 5. The zero-order valence-corrected chi connectivity index (χ0v) is 13.9. The molecule has 1 fully saturated rings. The maximum Gasteiger partial charge on any atom is 0.410 e. The molecule has 122 valence electrons. The number of nitrogens with zero attached hydrogens (tertiary/aromatic N) is 1. The van der Waals surface area contributed by atoms with Gasteiger partial charge in [0.1, 0.15) is 11.9 Å². The smallest absolute Gasteiger partial charge is 0.410 e. The minimum absolute atomic E-state index is 0.0446. The summed E-state index contributed by atoms with van der Waals surface area (Å²) in [6.07, 6.45) is -0.924. The fraction of sp³-hybridized carbons (Fsp3) is 0.500. The summed E-state index contributed by atoms with van der Waals surface area (Å²) in [7, 11) is -0.530. The van der Waals surface area contributed by atoms with Gasteiger partial charge in [0.2, 0.25) is 10.0 Å². The average molecular weight is 328 g/mol. The quantitative estimate of drug-likeness (QED) is 0.873. The third kappa shape index (κ3) is 3.33. The Morgan fingerprint density at radius 3 is 2.59 bits per heavy atom. The van der Waals surface area contributed by atoms with E-state index in [4.69, 9.17) is 9.47 Å². The highest BCUT2D eigenvalue weighted by atomic mass is 32.2. The number of carbonyl (C=O) groups excluding carboxylic acids is 1. The summed E-state index contributed by atoms with van der Waals surface area (Å²) in [4.78, 5) is 12.9. The molecule has 1 N–H and O–H groups in total. The minimum atomic E-state index is -3.68. The number of nitrogens with one attached hydrogen (secondary N) is 1. The van der Waals surface area contributed by atoms with Crippen LogP contribution in [-0.4, -0.2) is 52.8 Å². The van der Waals surface area contributed by atoms with Gasteiger partial charge >= 0.3 is 6.09 Å². The van der Waals surface area contributed by atoms with Gasteiger partial charge in [0.05, 0.1) is 18.6 Å². The van der Waals surface area contributed by atoms with E-state index >= 15 is 0 Å². The van der Waals surface area contributed by atoms with Crippen LogP contribution in [0.3, 0.4) is 0 Å². The second-order valence-electron chi connectivity index (χ2n) is 5.33. The van der Waals surface area contributed by atoms with Gasteiger partial charge in [0.15, 0.2) is 0 Å². The Morgan fingerprint density at radius 2 is 2.05 bits per heavy atom. The monoisotopic (exact) mass is 328 g/mol. The number of carbonyl (C=O) groups is 1. The highest BCUT2D eigenvalue weighted by Gasteiger charge is 2.29. The molecule has 0 bridgehead atoms. The third-order valence-corrected chi connectivity index (χ3v) is 5.11. The van der Waals surface area contributed by atoms with Crippen molar-refractivity contribution in [1.82, 2.24) is 9.62 Å². The highest BCUT2D eigenvalue weighted by molar-refractivity contribution is 7.89. The molecule has 0 aromatic heterocycles. The molecule has 7 nitrogen and oxygen atoms in total. The number of benzene rings is 1. The Labute approximate surface area is 130 Å². The lowest BCUT2D eigenvalue weighted by Crippen LogP contribution is -2.34. The second kappa shape index (κ2) is 6.13. The number of aryl methyl sites for hydroxylation is 2. The molecule has 1 amide bonds. The average Bonchev–Trinajstić information content (AvgIpc) is 2.77. The van der Waals surface area contributed by atoms with Crippen LogP contribution in [0.1, 0.15) is 11.1 Å². The predicted octanol–water partition coefficient (Wildman–Crippen LogP) is 1.04. The van der Waals surface area contributed by atoms with Crippen molar-refractivity contribution in [3.63, 3.8) is 0 Å². The molecule has 1 heterocycles. The molecule has 1 atom stereocenters. The van der Waals surface area contributed by atoms with Gasteiger partial charge in [0, 0.05) is 13.6 Å². The van der Waals surface area contributed by atoms with E-state index in [0.717, 1.165) is 5.56 Å². The van der Waals surface area contributed by atoms with Crippen molar-refractivity contribution in [3.8, 4) is 5.75 Å². The van der Waals surface area contributed by atoms with Crippen molar-refractivity contribution >= 4 is 16.1 Å². The molecule has 0 saturated carbocycles. The van der Waals surface area contributed by atoms with E-state index in [2.05, 4.69) is 4.72 Å². The lowest BCUT2D eigenvalue weighted by atomic mass is 10.1. The molecule has 8 heteroatoms. The van der Waals surface area contributed by atoms with Crippen LogP contribution in [0, 0.1) is 13.8 Å². The number of hydrogen-bond donors (Lipinski definition) is 1. The molecule has 0 radical (unpaired) electrons. The molecule has 1 saturated heterocycles. The van der Waals surface area contributed by atoms with Crippen LogP contribution in [0.5, 0.6) is 5.75 Å². The maximum absolute atomic E-state index is 12.4. The van der Waals surface area contributed by atoms with Crippen LogP contribution in [0.4, 0.5) is 4.79 Å². The first-order valence-electron chi connectivity index (χ1n) is 6.81. The van der Waals surface area contributed by atoms with Crippen LogP contribution in [0.2, 0.25) is 0 Å². The fourth-order valence-electron chi connectivity index (χ4n) is 2.31. The fourth-order valence-corrected chi connectivity index (χ4v) is 3.68. The molecule has 22 heavy (non-hydrogen) atoms. The number of methoxy groups -OCH3 is 1. The van der Waals surface area contributed by atoms with Crippen molar-refractivity contribution in [1.29, 1.82) is 0 Å². The zero-order valence-electron chi connectivity index (χ0n) is 13.0. The Bertz CT molecular complexity index is 687. The Hall–Kier alpha value is -1.80. The second-order valence-corrected chi connectivity index (χ2v) is 7.06. The van der Waals surface area contributed by atoms with Crippen molar-refractivity contribution in [2.45, 2.75) is 24.8 Å². The van der Waals surface area contributed by atoms with Gasteiger partial charge in [-0.25, -0.2) is 17.9 Å². The molecule has 1 unspecified atom stereocenters. The van der Waals surface area contributed by atoms with Crippen molar-refractivity contribution in [2.24, 2.45) is 0 Å². The van der Waals surface area contributed by atoms with Crippen LogP contribution in [0.15, 0.2) is 17.0 Å². The number of cyclic esters (lactones) is 1. The van der Waals surface area contributed by atoms with Gasteiger partial charge in [-0.05, 0) is 37.1 Å². The Morgan fingerprint density at radius 1 is 1.36 bits per heavy atom. The van der Waals surface area contributed by atoms with Crippen molar-refractivity contribution < 1.29 is 22.7 Å². The first-order valence-corrected chi connectivity index (χ1v) is 8.29. The molecular weight excluding hydrogens is 308 g/mol. The Balaban J connectivity index is 2.14. The molecule has 2 rings (SSSR count). The summed E-state index contributed by atoms with van der Waals surface area (Å²) in [6.45, 7) is 3.90. The van der Waals surface area contributed by atoms with Crippen LogP contribution in [-0.2, 0) is 14.8 Å². The standard InChI is InChI=1S/C14H20N2O5S/c1-9-6-13(10(2)5-12(9)20-4)22(18,19)15-7-11-8-16(3)14(17)21-11/h5-6,11,15H,7-8H2,1-4H3. The first-order chi connectivity index (χ1) is 10.2. The van der Waals surface area contributed by atoms with Crippen LogP contribution >= 0.6 is 0 Å². The molecule has 1 aromatic carbocycles. The topological polar surface area (TPSA) is 84.9 Å². The molecule has 1 aliphatic rings. The van der Waals surface area contributed by atoms with Gasteiger partial charge < -0.3 is 14.4 Å². The summed E-state index contributed by atoms with van der Waals surface area (Å²) in [6, 6.07) is 3.26. The van der Waals surface area contributed by atoms with Gasteiger partial charge in [0.25, 0.3) is 0 Å². The van der Waals surface area contributed by atoms with E-state index in [0.29, 0.717) is 17.9 Å². The number of amides is 1. The highest BCUT2D eigenvalue weighted by Crippen LogP contribution is 2.25. The summed E-state index contributed by atoms with van der Waals surface area (Å²) in [5, 5.41) is 0. The minimum Gasteiger partial charge on any atom is -0.496 e. The third-order valence-electron chi connectivity index (χ3n) is 3.54. The van der Waals surface area contributed by atoms with Gasteiger partial charge in [-0.2, -0.15) is 0 Å². The van der Waals surface area contributed by atoms with Crippen molar-refractivity contribution in [2.75, 3.05) is 27.2 Å². The van der Waals surface area contributed by atoms with E-state index in [9.17, 15) is 13.2 Å². The normalized spacial score (nSPS) is 18.5. The van der Waals surface area contributed by atoms with Crippen LogP contribution < -0.4 is 9.46 Å². The molecule has 0 spiro atoms. The lowest BCUT2D eigenvalue weighted by Gasteiger charge is -2.14. The predicted molar refractivity (Wildman–Crippen MR) is 80.6 cm³/mol. The first kappa shape index (κ1) is 16.6. The van der Waals surface area contributed by atoms with Crippen molar-refractivity contribution in [3.05, 3.63) is 23.3 Å². The molecular formula is C14H20N2O5S. The summed E-state index contributed by atoms with van der Waals surface area (Å²) < 4.78 is 37.5. The summed E-state index contributed by atoms with van der Waals surface area (Å²) in [5.41, 5.74) is 1.33. The molecule has 0 aliphatic carbocycles. The van der Waals surface area contributed by atoms with E-state index in [-0.39, 0.29) is 11.4 Å². The number of ether oxygens (including phenoxy) is 2. The largest absolute Gasteiger partial charge is 0.496 e. The zero-order chi connectivity index (χ0) is 16.5. The van der Waals surface area contributed by atoms with Gasteiger partial charge in [-0.1, -0.05) is 0 Å². The summed E-state index contributed by atoms with van der Waals surface area (Å²) in [5.74, 6) is 0.641. The Kier molecular flexibility index (Phi) is 4.62. The SMILES string of the molecule is COc1cc(C)c(S(=O)(=O)NCC2CN(C)C(=O)O2)cc1C. The van der Waals surface area contributed by atoms with Crippen LogP contribution in [0.25, 0.3) is 0 Å². The summed E-state index contributed by atoms with van der Waals surface area (Å²) >= 11 is 0. The molecule has 1 aliphatic heterocycles. The van der Waals surface area contributed by atoms with E-state index in [1.54, 1.807) is 40.1 Å².